The van der Waals surface area contributed by atoms with Crippen molar-refractivity contribution in [2.45, 2.75) is 19.9 Å². The molecule has 14 heavy (non-hydrogen) atoms. The van der Waals surface area contributed by atoms with Crippen molar-refractivity contribution in [3.63, 3.8) is 0 Å². The Morgan fingerprint density at radius 3 is 2.79 bits per heavy atom. The maximum absolute atomic E-state index is 11.1. The lowest BCUT2D eigenvalue weighted by Crippen LogP contribution is -2.43. The van der Waals surface area contributed by atoms with E-state index in [0.29, 0.717) is 12.2 Å². The molecule has 0 fully saturated rings. The third-order valence-electron chi connectivity index (χ3n) is 1.83. The molecule has 78 valence electrons. The quantitative estimate of drug-likeness (QED) is 0.633. The summed E-state index contributed by atoms with van der Waals surface area (Å²) in [5.74, 6) is 0. The number of primary amides is 1. The summed E-state index contributed by atoms with van der Waals surface area (Å²) in [6, 6.07) is -0.649. The molecule has 0 saturated heterocycles. The van der Waals surface area contributed by atoms with Crippen molar-refractivity contribution in [3.05, 3.63) is 11.9 Å². The van der Waals surface area contributed by atoms with Gasteiger partial charge in [0.05, 0.1) is 17.6 Å². The van der Waals surface area contributed by atoms with Gasteiger partial charge in [0.2, 0.25) is 0 Å². The van der Waals surface area contributed by atoms with Gasteiger partial charge in [-0.2, -0.15) is 5.10 Å². The Labute approximate surface area is 82.3 Å². The zero-order valence-electron chi connectivity index (χ0n) is 8.32. The molecule has 5 N–H and O–H groups in total. The number of anilines is 1. The van der Waals surface area contributed by atoms with Crippen molar-refractivity contribution in [1.82, 2.24) is 10.2 Å². The van der Waals surface area contributed by atoms with Crippen LogP contribution in [0.4, 0.5) is 10.5 Å². The second kappa shape index (κ2) is 4.10. The number of aromatic nitrogens is 2. The Kier molecular flexibility index (Phi) is 3.08. The van der Waals surface area contributed by atoms with E-state index in [1.807, 2.05) is 13.8 Å². The maximum Gasteiger partial charge on any atom is 0.319 e. The standard InChI is InChI=1S/C8H15N5O/c1-5(9)4-13(8(10)14)7-3-11-12-6(7)2/h3,5H,4,9H2,1-2H3,(H2,10,14)(H,11,12). The lowest BCUT2D eigenvalue weighted by atomic mass is 10.3. The molecular formula is C8H15N5O. The van der Waals surface area contributed by atoms with Crippen molar-refractivity contribution in [2.75, 3.05) is 11.4 Å². The molecule has 1 rings (SSSR count). The van der Waals surface area contributed by atoms with Crippen LogP contribution in [0.2, 0.25) is 0 Å². The molecule has 0 radical (unpaired) electrons. The van der Waals surface area contributed by atoms with Crippen LogP contribution in [-0.4, -0.2) is 28.8 Å². The largest absolute Gasteiger partial charge is 0.351 e. The lowest BCUT2D eigenvalue weighted by molar-refractivity contribution is 0.253. The van der Waals surface area contributed by atoms with E-state index in [2.05, 4.69) is 10.2 Å². The van der Waals surface area contributed by atoms with Crippen molar-refractivity contribution in [2.24, 2.45) is 11.5 Å². The number of amides is 2. The van der Waals surface area contributed by atoms with Gasteiger partial charge < -0.3 is 11.5 Å². The van der Waals surface area contributed by atoms with Crippen LogP contribution in [0.3, 0.4) is 0 Å². The second-order valence-electron chi connectivity index (χ2n) is 3.31. The minimum Gasteiger partial charge on any atom is -0.351 e. The highest BCUT2D eigenvalue weighted by molar-refractivity contribution is 5.91. The molecule has 1 aromatic heterocycles. The van der Waals surface area contributed by atoms with Crippen LogP contribution < -0.4 is 16.4 Å². The first-order valence-electron chi connectivity index (χ1n) is 4.35. The topological polar surface area (TPSA) is 101 Å². The number of hydrogen-bond donors (Lipinski definition) is 3. The van der Waals surface area contributed by atoms with Crippen LogP contribution in [0.5, 0.6) is 0 Å². The number of aromatic amines is 1. The van der Waals surface area contributed by atoms with Crippen molar-refractivity contribution in [3.8, 4) is 0 Å². The van der Waals surface area contributed by atoms with E-state index in [-0.39, 0.29) is 6.04 Å². The van der Waals surface area contributed by atoms with Gasteiger partial charge in [-0.05, 0) is 13.8 Å². The van der Waals surface area contributed by atoms with Gasteiger partial charge in [0.25, 0.3) is 0 Å². The summed E-state index contributed by atoms with van der Waals surface area (Å²) in [4.78, 5) is 12.5. The number of nitrogens with two attached hydrogens (primary N) is 2. The lowest BCUT2D eigenvalue weighted by Gasteiger charge is -2.21. The van der Waals surface area contributed by atoms with Crippen LogP contribution in [0.15, 0.2) is 6.20 Å². The highest BCUT2D eigenvalue weighted by atomic mass is 16.2. The number of urea groups is 1. The van der Waals surface area contributed by atoms with E-state index in [4.69, 9.17) is 11.5 Å². The molecular weight excluding hydrogens is 182 g/mol. The van der Waals surface area contributed by atoms with E-state index in [1.165, 1.54) is 4.90 Å². The molecule has 2 amide bonds. The molecule has 0 aliphatic heterocycles. The molecule has 0 aliphatic rings. The molecule has 0 saturated carbocycles. The van der Waals surface area contributed by atoms with E-state index < -0.39 is 6.03 Å². The Hall–Kier alpha value is -1.56. The summed E-state index contributed by atoms with van der Waals surface area (Å²) in [5, 5.41) is 6.55. The zero-order valence-corrected chi connectivity index (χ0v) is 8.32. The number of H-pyrrole nitrogens is 1. The number of aryl methyl sites for hydroxylation is 1. The zero-order chi connectivity index (χ0) is 10.7. The van der Waals surface area contributed by atoms with E-state index in [0.717, 1.165) is 5.69 Å². The first-order chi connectivity index (χ1) is 6.52. The Morgan fingerprint density at radius 2 is 2.43 bits per heavy atom. The average molecular weight is 197 g/mol. The third kappa shape index (κ3) is 2.23. The Bertz CT molecular complexity index is 319. The third-order valence-corrected chi connectivity index (χ3v) is 1.83. The smallest absolute Gasteiger partial charge is 0.319 e. The van der Waals surface area contributed by atoms with Gasteiger partial charge in [0.15, 0.2) is 0 Å². The molecule has 0 bridgehead atoms. The monoisotopic (exact) mass is 197 g/mol. The number of rotatable bonds is 3. The Balaban J connectivity index is 2.89. The van der Waals surface area contributed by atoms with Gasteiger partial charge >= 0.3 is 6.03 Å². The van der Waals surface area contributed by atoms with Gasteiger partial charge in [-0.15, -0.1) is 0 Å². The average Bonchev–Trinajstić information content (AvgIpc) is 2.46. The molecule has 0 spiro atoms. The fraction of sp³-hybridized carbons (Fsp3) is 0.500. The van der Waals surface area contributed by atoms with E-state index in [9.17, 15) is 4.79 Å². The van der Waals surface area contributed by atoms with Crippen molar-refractivity contribution < 1.29 is 4.79 Å². The summed E-state index contributed by atoms with van der Waals surface area (Å²) < 4.78 is 0. The molecule has 6 nitrogen and oxygen atoms in total. The van der Waals surface area contributed by atoms with Crippen LogP contribution in [0.1, 0.15) is 12.6 Å². The van der Waals surface area contributed by atoms with Gasteiger partial charge in [0.1, 0.15) is 0 Å². The number of nitrogens with one attached hydrogen (secondary N) is 1. The summed E-state index contributed by atoms with van der Waals surface area (Å²) in [6.07, 6.45) is 1.56. The summed E-state index contributed by atoms with van der Waals surface area (Å²) in [6.45, 7) is 4.01. The second-order valence-corrected chi connectivity index (χ2v) is 3.31. The number of carbonyl (C=O) groups excluding carboxylic acids is 1. The maximum atomic E-state index is 11.1. The van der Waals surface area contributed by atoms with Crippen LogP contribution in [0.25, 0.3) is 0 Å². The normalized spacial score (nSPS) is 12.5. The summed E-state index contributed by atoms with van der Waals surface area (Å²) >= 11 is 0. The van der Waals surface area contributed by atoms with Gasteiger partial charge in [-0.25, -0.2) is 4.79 Å². The molecule has 6 heteroatoms. The molecule has 1 atom stereocenters. The van der Waals surface area contributed by atoms with Crippen LogP contribution >= 0.6 is 0 Å². The van der Waals surface area contributed by atoms with E-state index >= 15 is 0 Å². The molecule has 1 aromatic rings. The predicted octanol–water partition coefficient (Wildman–Crippen LogP) is -0.0496. The van der Waals surface area contributed by atoms with Gasteiger partial charge in [0, 0.05) is 12.6 Å². The minimum absolute atomic E-state index is 0.128. The molecule has 1 unspecified atom stereocenters. The Morgan fingerprint density at radius 1 is 1.79 bits per heavy atom. The molecule has 0 aromatic carbocycles. The summed E-state index contributed by atoms with van der Waals surface area (Å²) in [7, 11) is 0. The predicted molar refractivity (Wildman–Crippen MR) is 53.9 cm³/mol. The summed E-state index contributed by atoms with van der Waals surface area (Å²) in [5.41, 5.74) is 12.3. The number of carbonyl (C=O) groups is 1. The van der Waals surface area contributed by atoms with Crippen LogP contribution in [0, 0.1) is 6.92 Å². The fourth-order valence-electron chi connectivity index (χ4n) is 1.21. The highest BCUT2D eigenvalue weighted by Gasteiger charge is 2.17. The van der Waals surface area contributed by atoms with Crippen molar-refractivity contribution >= 4 is 11.7 Å². The highest BCUT2D eigenvalue weighted by Crippen LogP contribution is 2.16. The first-order valence-corrected chi connectivity index (χ1v) is 4.35. The van der Waals surface area contributed by atoms with Crippen LogP contribution in [-0.2, 0) is 0 Å². The SMILES string of the molecule is Cc1[nH]ncc1N(CC(C)N)C(N)=O. The van der Waals surface area contributed by atoms with Gasteiger partial charge in [-0.1, -0.05) is 0 Å². The first kappa shape index (κ1) is 10.5. The number of nitrogens with zero attached hydrogens (tertiary/aromatic N) is 2. The fourth-order valence-corrected chi connectivity index (χ4v) is 1.21. The number of hydrogen-bond acceptors (Lipinski definition) is 3. The molecule has 1 heterocycles. The molecule has 0 aliphatic carbocycles. The van der Waals surface area contributed by atoms with E-state index in [1.54, 1.807) is 6.20 Å². The van der Waals surface area contributed by atoms with Crippen molar-refractivity contribution in [1.29, 1.82) is 0 Å². The minimum atomic E-state index is -0.521. The van der Waals surface area contributed by atoms with Gasteiger partial charge in [-0.3, -0.25) is 10.00 Å².